The van der Waals surface area contributed by atoms with Crippen molar-refractivity contribution in [2.45, 2.75) is 13.0 Å². The molecule has 0 atom stereocenters. The first kappa shape index (κ1) is 20.5. The molecular weight excluding hydrogens is 430 g/mol. The topological polar surface area (TPSA) is 93.2 Å². The van der Waals surface area contributed by atoms with Gasteiger partial charge in [0.15, 0.2) is 0 Å². The molecule has 9 heteroatoms. The zero-order chi connectivity index (χ0) is 22.3. The molecule has 0 bridgehead atoms. The number of nitrogens with zero attached hydrogens (tertiary/aromatic N) is 5. The van der Waals surface area contributed by atoms with Crippen LogP contribution in [0.5, 0.6) is 0 Å². The van der Waals surface area contributed by atoms with Crippen LogP contribution in [0.3, 0.4) is 0 Å². The summed E-state index contributed by atoms with van der Waals surface area (Å²) in [5, 5.41) is 9.82. The van der Waals surface area contributed by atoms with Crippen LogP contribution in [0.25, 0.3) is 16.8 Å². The van der Waals surface area contributed by atoms with Gasteiger partial charge in [-0.1, -0.05) is 41.9 Å². The molecule has 2 aliphatic heterocycles. The van der Waals surface area contributed by atoms with Gasteiger partial charge in [0.1, 0.15) is 12.4 Å². The molecule has 0 saturated carbocycles. The van der Waals surface area contributed by atoms with Crippen molar-refractivity contribution in [2.24, 2.45) is 5.41 Å². The van der Waals surface area contributed by atoms with Gasteiger partial charge >= 0.3 is 5.69 Å². The molecule has 1 spiro atoms. The fourth-order valence-electron chi connectivity index (χ4n) is 4.60. The lowest BCUT2D eigenvalue weighted by atomic mass is 9.79. The molecular formula is C23H20ClN5O3. The number of halogens is 1. The van der Waals surface area contributed by atoms with Crippen molar-refractivity contribution >= 4 is 17.4 Å². The van der Waals surface area contributed by atoms with Gasteiger partial charge in [0.05, 0.1) is 35.1 Å². The molecule has 0 amide bonds. The van der Waals surface area contributed by atoms with Crippen LogP contribution in [0.4, 0.5) is 5.82 Å². The summed E-state index contributed by atoms with van der Waals surface area (Å²) in [5.41, 5.74) is 0.262. The molecule has 4 heterocycles. The van der Waals surface area contributed by atoms with Gasteiger partial charge in [0, 0.05) is 31.3 Å². The Morgan fingerprint density at radius 1 is 1.19 bits per heavy atom. The van der Waals surface area contributed by atoms with Crippen LogP contribution in [0, 0.1) is 16.7 Å². The van der Waals surface area contributed by atoms with E-state index in [4.69, 9.17) is 16.3 Å². The molecule has 3 aromatic rings. The number of hydrogen-bond donors (Lipinski definition) is 0. The summed E-state index contributed by atoms with van der Waals surface area (Å²) in [4.78, 5) is 33.3. The second-order valence-electron chi connectivity index (χ2n) is 8.25. The maximum absolute atomic E-state index is 13.8. The summed E-state index contributed by atoms with van der Waals surface area (Å²) >= 11 is 6.08. The number of benzene rings is 1. The van der Waals surface area contributed by atoms with Crippen LogP contribution in [-0.4, -0.2) is 40.4 Å². The van der Waals surface area contributed by atoms with Crippen molar-refractivity contribution in [3.8, 4) is 22.9 Å². The van der Waals surface area contributed by atoms with Crippen LogP contribution in [0.1, 0.15) is 6.42 Å². The Morgan fingerprint density at radius 3 is 2.62 bits per heavy atom. The number of aromatic nitrogens is 3. The second-order valence-corrected chi connectivity index (χ2v) is 8.69. The summed E-state index contributed by atoms with van der Waals surface area (Å²) < 4.78 is 7.99. The number of ether oxygens (including phenoxy) is 1. The molecule has 0 radical (unpaired) electrons. The molecule has 2 saturated heterocycles. The molecule has 0 unspecified atom stereocenters. The second kappa shape index (κ2) is 7.93. The van der Waals surface area contributed by atoms with E-state index in [1.807, 2.05) is 35.2 Å². The fraction of sp³-hybridized carbons (Fsp3) is 0.304. The van der Waals surface area contributed by atoms with E-state index in [2.05, 4.69) is 11.1 Å². The van der Waals surface area contributed by atoms with E-state index in [9.17, 15) is 14.9 Å². The van der Waals surface area contributed by atoms with E-state index in [0.29, 0.717) is 48.3 Å². The largest absolute Gasteiger partial charge is 0.381 e. The van der Waals surface area contributed by atoms with E-state index in [-0.39, 0.29) is 17.6 Å². The van der Waals surface area contributed by atoms with Crippen LogP contribution < -0.4 is 16.1 Å². The molecule has 1 aromatic carbocycles. The maximum Gasteiger partial charge on any atom is 0.338 e. The average molecular weight is 450 g/mol. The monoisotopic (exact) mass is 449 g/mol. The molecule has 2 aromatic heterocycles. The van der Waals surface area contributed by atoms with E-state index in [1.54, 1.807) is 0 Å². The SMILES string of the molecule is N#CCn1c(N2CC3(CCOC3)C2)c(-c2ccccc2)c(=O)n(-c2cncc(Cl)c2)c1=O. The molecule has 5 rings (SSSR count). The first-order chi connectivity index (χ1) is 15.5. The highest BCUT2D eigenvalue weighted by Crippen LogP contribution is 2.42. The highest BCUT2D eigenvalue weighted by atomic mass is 35.5. The first-order valence-electron chi connectivity index (χ1n) is 10.3. The summed E-state index contributed by atoms with van der Waals surface area (Å²) in [6.07, 6.45) is 3.78. The summed E-state index contributed by atoms with van der Waals surface area (Å²) in [5.74, 6) is 0.469. The van der Waals surface area contributed by atoms with Crippen molar-refractivity contribution in [1.29, 1.82) is 5.26 Å². The smallest absolute Gasteiger partial charge is 0.338 e. The van der Waals surface area contributed by atoms with Gasteiger partial charge in [-0.25, -0.2) is 9.36 Å². The van der Waals surface area contributed by atoms with Crippen LogP contribution in [0.15, 0.2) is 58.4 Å². The Balaban J connectivity index is 1.78. The van der Waals surface area contributed by atoms with E-state index in [0.717, 1.165) is 11.0 Å². The number of rotatable bonds is 4. The highest BCUT2D eigenvalue weighted by molar-refractivity contribution is 6.30. The molecule has 0 aliphatic carbocycles. The Hall–Kier alpha value is -3.41. The van der Waals surface area contributed by atoms with Crippen LogP contribution in [0.2, 0.25) is 5.02 Å². The quantitative estimate of drug-likeness (QED) is 0.607. The van der Waals surface area contributed by atoms with Crippen molar-refractivity contribution in [2.75, 3.05) is 31.2 Å². The van der Waals surface area contributed by atoms with Crippen molar-refractivity contribution in [1.82, 2.24) is 14.1 Å². The number of anilines is 1. The lowest BCUT2D eigenvalue weighted by Gasteiger charge is -2.49. The maximum atomic E-state index is 13.8. The standard InChI is InChI=1S/C23H20ClN5O3/c24-17-10-18(12-26-11-17)29-21(30)19(16-4-2-1-3-5-16)20(28(8-7-25)22(29)31)27-13-23(14-27)6-9-32-15-23/h1-5,10-12H,6,8-9,13-15H2. The van der Waals surface area contributed by atoms with Crippen molar-refractivity contribution in [3.63, 3.8) is 0 Å². The van der Waals surface area contributed by atoms with E-state index < -0.39 is 11.2 Å². The zero-order valence-corrected chi connectivity index (χ0v) is 18.0. The van der Waals surface area contributed by atoms with Gasteiger partial charge in [-0.15, -0.1) is 0 Å². The third kappa shape index (κ3) is 3.30. The number of nitriles is 1. The van der Waals surface area contributed by atoms with Crippen LogP contribution >= 0.6 is 11.6 Å². The normalized spacial score (nSPS) is 16.7. The Kier molecular flexibility index (Phi) is 5.08. The molecule has 0 N–H and O–H groups in total. The van der Waals surface area contributed by atoms with Gasteiger partial charge in [-0.3, -0.25) is 14.3 Å². The van der Waals surface area contributed by atoms with Gasteiger partial charge in [-0.2, -0.15) is 5.26 Å². The summed E-state index contributed by atoms with van der Waals surface area (Å²) in [6.45, 7) is 2.52. The number of hydrogen-bond acceptors (Lipinski definition) is 6. The molecule has 8 nitrogen and oxygen atoms in total. The van der Waals surface area contributed by atoms with Crippen molar-refractivity contribution < 1.29 is 4.74 Å². The lowest BCUT2D eigenvalue weighted by molar-refractivity contribution is 0.130. The lowest BCUT2D eigenvalue weighted by Crippen LogP contribution is -2.59. The molecule has 162 valence electrons. The van der Waals surface area contributed by atoms with Crippen molar-refractivity contribution in [3.05, 3.63) is 74.7 Å². The molecule has 2 aliphatic rings. The Labute approximate surface area is 188 Å². The minimum absolute atomic E-state index is 0.0349. The highest BCUT2D eigenvalue weighted by Gasteiger charge is 2.47. The predicted molar refractivity (Wildman–Crippen MR) is 120 cm³/mol. The average Bonchev–Trinajstić information content (AvgIpc) is 3.26. The Bertz CT molecular complexity index is 1330. The predicted octanol–water partition coefficient (Wildman–Crippen LogP) is 2.46. The van der Waals surface area contributed by atoms with Gasteiger partial charge in [-0.05, 0) is 18.1 Å². The first-order valence-corrected chi connectivity index (χ1v) is 10.7. The third-order valence-electron chi connectivity index (χ3n) is 6.10. The van der Waals surface area contributed by atoms with Gasteiger partial charge < -0.3 is 9.64 Å². The van der Waals surface area contributed by atoms with E-state index in [1.165, 1.54) is 23.0 Å². The molecule has 32 heavy (non-hydrogen) atoms. The summed E-state index contributed by atoms with van der Waals surface area (Å²) in [7, 11) is 0. The van der Waals surface area contributed by atoms with Gasteiger partial charge in [0.2, 0.25) is 0 Å². The fourth-order valence-corrected chi connectivity index (χ4v) is 4.77. The summed E-state index contributed by atoms with van der Waals surface area (Å²) in [6, 6.07) is 12.8. The van der Waals surface area contributed by atoms with Crippen LogP contribution in [-0.2, 0) is 11.3 Å². The zero-order valence-electron chi connectivity index (χ0n) is 17.2. The van der Waals surface area contributed by atoms with E-state index >= 15 is 0 Å². The number of pyridine rings is 1. The van der Waals surface area contributed by atoms with Gasteiger partial charge in [0.25, 0.3) is 5.56 Å². The molecule has 2 fully saturated rings. The minimum Gasteiger partial charge on any atom is -0.381 e. The third-order valence-corrected chi connectivity index (χ3v) is 6.30. The minimum atomic E-state index is -0.598. The Morgan fingerprint density at radius 2 is 1.97 bits per heavy atom.